The van der Waals surface area contributed by atoms with E-state index in [1.54, 1.807) is 7.11 Å². The van der Waals surface area contributed by atoms with Crippen LogP contribution in [0, 0.1) is 6.92 Å². The van der Waals surface area contributed by atoms with E-state index in [1.807, 2.05) is 37.3 Å². The number of aryl methyl sites for hydroxylation is 1. The highest BCUT2D eigenvalue weighted by Gasteiger charge is 2.20. The first-order valence-electron chi connectivity index (χ1n) is 6.76. The molecule has 2 rings (SSSR count). The number of ether oxygens (including phenoxy) is 1. The molecule has 0 aliphatic carbocycles. The van der Waals surface area contributed by atoms with E-state index >= 15 is 0 Å². The highest BCUT2D eigenvalue weighted by Crippen LogP contribution is 2.28. The molecule has 2 aromatic rings. The van der Waals surface area contributed by atoms with Crippen LogP contribution < -0.4 is 5.73 Å². The van der Waals surface area contributed by atoms with E-state index in [4.69, 9.17) is 10.5 Å². The van der Waals surface area contributed by atoms with Crippen molar-refractivity contribution in [1.29, 1.82) is 0 Å². The lowest BCUT2D eigenvalue weighted by Gasteiger charge is -2.18. The second kappa shape index (κ2) is 6.01. The predicted octanol–water partition coefficient (Wildman–Crippen LogP) is 3.23. The van der Waals surface area contributed by atoms with Gasteiger partial charge in [-0.15, -0.1) is 0 Å². The fourth-order valence-electron chi connectivity index (χ4n) is 2.48. The molecule has 0 radical (unpaired) electrons. The van der Waals surface area contributed by atoms with E-state index in [0.717, 1.165) is 16.8 Å². The van der Waals surface area contributed by atoms with Gasteiger partial charge in [0.05, 0.1) is 0 Å². The highest BCUT2D eigenvalue weighted by atomic mass is 16.5. The van der Waals surface area contributed by atoms with Crippen LogP contribution in [0.15, 0.2) is 30.3 Å². The van der Waals surface area contributed by atoms with Crippen LogP contribution in [0.2, 0.25) is 0 Å². The molecule has 0 spiro atoms. The number of hydrogen-bond acceptors (Lipinski definition) is 4. The number of anilines is 1. The summed E-state index contributed by atoms with van der Waals surface area (Å²) < 4.78 is 5.55. The number of nitrogen functional groups attached to an aromatic ring is 1. The van der Waals surface area contributed by atoms with Crippen LogP contribution in [0.25, 0.3) is 0 Å². The SMILES string of the molecule is COC(c1ccccc1)c1nc(C)c(C(C)C)c(N)n1. The minimum absolute atomic E-state index is 0.293. The Labute approximate surface area is 120 Å². The van der Waals surface area contributed by atoms with Crippen molar-refractivity contribution in [3.05, 3.63) is 53.0 Å². The summed E-state index contributed by atoms with van der Waals surface area (Å²) >= 11 is 0. The van der Waals surface area contributed by atoms with E-state index in [-0.39, 0.29) is 6.10 Å². The lowest BCUT2D eigenvalue weighted by molar-refractivity contribution is 0.129. The van der Waals surface area contributed by atoms with Crippen molar-refractivity contribution in [3.8, 4) is 0 Å². The summed E-state index contributed by atoms with van der Waals surface area (Å²) in [6, 6.07) is 9.91. The number of benzene rings is 1. The summed E-state index contributed by atoms with van der Waals surface area (Å²) in [5.41, 5.74) is 9.03. The molecule has 1 unspecified atom stereocenters. The number of aromatic nitrogens is 2. The smallest absolute Gasteiger partial charge is 0.164 e. The molecule has 4 nitrogen and oxygen atoms in total. The molecule has 1 aromatic heterocycles. The number of methoxy groups -OCH3 is 1. The van der Waals surface area contributed by atoms with Gasteiger partial charge in [-0.3, -0.25) is 0 Å². The Morgan fingerprint density at radius 1 is 1.10 bits per heavy atom. The number of nitrogens with zero attached hydrogens (tertiary/aromatic N) is 2. The molecule has 0 aliphatic rings. The number of nitrogens with two attached hydrogens (primary N) is 1. The summed E-state index contributed by atoms with van der Waals surface area (Å²) in [5, 5.41) is 0. The molecule has 0 saturated carbocycles. The summed E-state index contributed by atoms with van der Waals surface area (Å²) in [6.45, 7) is 6.15. The Kier molecular flexibility index (Phi) is 4.35. The Morgan fingerprint density at radius 3 is 2.25 bits per heavy atom. The normalized spacial score (nSPS) is 12.7. The molecule has 106 valence electrons. The number of hydrogen-bond donors (Lipinski definition) is 1. The van der Waals surface area contributed by atoms with Crippen LogP contribution in [0.5, 0.6) is 0 Å². The first kappa shape index (κ1) is 14.5. The highest BCUT2D eigenvalue weighted by molar-refractivity contribution is 5.44. The van der Waals surface area contributed by atoms with Crippen molar-refractivity contribution >= 4 is 5.82 Å². The lowest BCUT2D eigenvalue weighted by Crippen LogP contribution is -2.14. The zero-order valence-corrected chi connectivity index (χ0v) is 12.4. The molecular formula is C16H21N3O. The first-order valence-corrected chi connectivity index (χ1v) is 6.76. The van der Waals surface area contributed by atoms with Crippen LogP contribution in [0.4, 0.5) is 5.82 Å². The molecule has 0 fully saturated rings. The standard InChI is InChI=1S/C16H21N3O/c1-10(2)13-11(3)18-16(19-15(13)17)14(20-4)12-8-6-5-7-9-12/h5-10,14H,1-4H3,(H2,17,18,19). The second-order valence-corrected chi connectivity index (χ2v) is 5.15. The van der Waals surface area contributed by atoms with Gasteiger partial charge in [0, 0.05) is 18.4 Å². The Morgan fingerprint density at radius 2 is 1.75 bits per heavy atom. The van der Waals surface area contributed by atoms with Crippen molar-refractivity contribution in [2.75, 3.05) is 12.8 Å². The number of rotatable bonds is 4. The molecule has 0 aliphatic heterocycles. The molecule has 0 bridgehead atoms. The van der Waals surface area contributed by atoms with Gasteiger partial charge in [-0.1, -0.05) is 44.2 Å². The van der Waals surface area contributed by atoms with Gasteiger partial charge in [0.25, 0.3) is 0 Å². The average Bonchev–Trinajstić information content (AvgIpc) is 2.39. The Bertz CT molecular complexity index is 559. The van der Waals surface area contributed by atoms with Crippen LogP contribution in [-0.4, -0.2) is 17.1 Å². The van der Waals surface area contributed by atoms with Gasteiger partial charge in [-0.25, -0.2) is 9.97 Å². The molecule has 1 heterocycles. The third-order valence-corrected chi connectivity index (χ3v) is 3.33. The minimum Gasteiger partial charge on any atom is -0.383 e. The maximum Gasteiger partial charge on any atom is 0.164 e. The molecule has 2 N–H and O–H groups in total. The maximum absolute atomic E-state index is 6.09. The zero-order valence-electron chi connectivity index (χ0n) is 12.4. The Balaban J connectivity index is 2.47. The van der Waals surface area contributed by atoms with Gasteiger partial charge < -0.3 is 10.5 Å². The fraction of sp³-hybridized carbons (Fsp3) is 0.375. The molecular weight excluding hydrogens is 250 g/mol. The van der Waals surface area contributed by atoms with Crippen LogP contribution >= 0.6 is 0 Å². The zero-order chi connectivity index (χ0) is 14.7. The molecule has 0 amide bonds. The largest absolute Gasteiger partial charge is 0.383 e. The van der Waals surface area contributed by atoms with Crippen LogP contribution in [0.3, 0.4) is 0 Å². The fourth-order valence-corrected chi connectivity index (χ4v) is 2.48. The van der Waals surface area contributed by atoms with Crippen LogP contribution in [0.1, 0.15) is 48.5 Å². The second-order valence-electron chi connectivity index (χ2n) is 5.15. The third-order valence-electron chi connectivity index (χ3n) is 3.33. The monoisotopic (exact) mass is 271 g/mol. The van der Waals surface area contributed by atoms with Gasteiger partial charge in [0.1, 0.15) is 11.9 Å². The van der Waals surface area contributed by atoms with Crippen molar-refractivity contribution in [1.82, 2.24) is 9.97 Å². The van der Waals surface area contributed by atoms with Crippen molar-refractivity contribution in [3.63, 3.8) is 0 Å². The summed E-state index contributed by atoms with van der Waals surface area (Å²) in [6.07, 6.45) is -0.293. The first-order chi connectivity index (χ1) is 9.54. The minimum atomic E-state index is -0.293. The maximum atomic E-state index is 6.09. The lowest BCUT2D eigenvalue weighted by atomic mass is 10.0. The van der Waals surface area contributed by atoms with E-state index < -0.39 is 0 Å². The molecule has 20 heavy (non-hydrogen) atoms. The van der Waals surface area contributed by atoms with E-state index in [1.165, 1.54) is 0 Å². The molecule has 1 aromatic carbocycles. The van der Waals surface area contributed by atoms with E-state index in [0.29, 0.717) is 17.6 Å². The summed E-state index contributed by atoms with van der Waals surface area (Å²) in [7, 11) is 1.66. The topological polar surface area (TPSA) is 61.0 Å². The van der Waals surface area contributed by atoms with Gasteiger partial charge in [-0.2, -0.15) is 0 Å². The molecule has 0 saturated heterocycles. The predicted molar refractivity (Wildman–Crippen MR) is 80.6 cm³/mol. The Hall–Kier alpha value is -1.94. The van der Waals surface area contributed by atoms with Gasteiger partial charge >= 0.3 is 0 Å². The van der Waals surface area contributed by atoms with Crippen LogP contribution in [-0.2, 0) is 4.74 Å². The summed E-state index contributed by atoms with van der Waals surface area (Å²) in [4.78, 5) is 9.03. The van der Waals surface area contributed by atoms with E-state index in [2.05, 4.69) is 23.8 Å². The quantitative estimate of drug-likeness (QED) is 0.927. The van der Waals surface area contributed by atoms with Gasteiger partial charge in [0.15, 0.2) is 5.82 Å². The van der Waals surface area contributed by atoms with E-state index in [9.17, 15) is 0 Å². The molecule has 1 atom stereocenters. The van der Waals surface area contributed by atoms with Crippen molar-refractivity contribution in [2.45, 2.75) is 32.8 Å². The van der Waals surface area contributed by atoms with Gasteiger partial charge in [0.2, 0.25) is 0 Å². The van der Waals surface area contributed by atoms with Crippen molar-refractivity contribution < 1.29 is 4.74 Å². The molecule has 4 heteroatoms. The summed E-state index contributed by atoms with van der Waals surface area (Å²) in [5.74, 6) is 1.46. The van der Waals surface area contributed by atoms with Gasteiger partial charge in [-0.05, 0) is 18.4 Å². The third kappa shape index (κ3) is 2.80. The average molecular weight is 271 g/mol. The van der Waals surface area contributed by atoms with Crippen molar-refractivity contribution in [2.24, 2.45) is 0 Å².